The number of hydrogen-bond donors (Lipinski definition) is 2. The minimum atomic E-state index is -0.643. The molecule has 0 aliphatic heterocycles. The minimum Gasteiger partial charge on any atom is -0.368 e. The predicted molar refractivity (Wildman–Crippen MR) is 61.3 cm³/mol. The second-order valence-corrected chi connectivity index (χ2v) is 4.17. The van der Waals surface area contributed by atoms with Crippen LogP contribution in [0.15, 0.2) is 18.2 Å². The van der Waals surface area contributed by atoms with Crippen LogP contribution in [0.5, 0.6) is 0 Å². The number of carbonyl (C=O) groups is 1. The number of aryl methyl sites for hydroxylation is 1. The van der Waals surface area contributed by atoms with E-state index in [4.69, 9.17) is 5.73 Å². The summed E-state index contributed by atoms with van der Waals surface area (Å²) in [5.74, 6) is -0.828. The van der Waals surface area contributed by atoms with Gasteiger partial charge < -0.3 is 5.73 Å². The van der Waals surface area contributed by atoms with E-state index >= 15 is 0 Å². The van der Waals surface area contributed by atoms with Crippen LogP contribution < -0.4 is 11.1 Å². The number of rotatable bonds is 4. The Morgan fingerprint density at radius 1 is 1.44 bits per heavy atom. The average Bonchev–Trinajstić information content (AvgIpc) is 2.18. The third-order valence-electron chi connectivity index (χ3n) is 2.31. The fraction of sp³-hybridized carbons (Fsp3) is 0.417. The van der Waals surface area contributed by atoms with Crippen molar-refractivity contribution in [2.45, 2.75) is 32.9 Å². The van der Waals surface area contributed by atoms with E-state index in [0.717, 1.165) is 0 Å². The second-order valence-electron chi connectivity index (χ2n) is 4.17. The maximum atomic E-state index is 13.4. The molecule has 4 heteroatoms. The van der Waals surface area contributed by atoms with Gasteiger partial charge in [-0.3, -0.25) is 10.1 Å². The molecule has 1 aromatic rings. The van der Waals surface area contributed by atoms with E-state index in [1.807, 2.05) is 13.8 Å². The summed E-state index contributed by atoms with van der Waals surface area (Å²) in [4.78, 5) is 11.3. The van der Waals surface area contributed by atoms with E-state index in [1.165, 1.54) is 6.07 Å². The molecule has 1 aromatic carbocycles. The topological polar surface area (TPSA) is 55.1 Å². The lowest BCUT2D eigenvalue weighted by Gasteiger charge is -2.18. The highest BCUT2D eigenvalue weighted by Gasteiger charge is 2.19. The van der Waals surface area contributed by atoms with Crippen LogP contribution in [0.3, 0.4) is 0 Å². The van der Waals surface area contributed by atoms with E-state index in [1.54, 1.807) is 19.1 Å². The Kier molecular flexibility index (Phi) is 4.01. The summed E-state index contributed by atoms with van der Waals surface area (Å²) in [6.45, 7) is 5.48. The number of hydrogen-bond acceptors (Lipinski definition) is 2. The summed E-state index contributed by atoms with van der Waals surface area (Å²) in [6, 6.07) is 4.16. The molecular weight excluding hydrogens is 207 g/mol. The molecule has 0 fully saturated rings. The molecule has 16 heavy (non-hydrogen) atoms. The third kappa shape index (κ3) is 3.03. The SMILES string of the molecule is Cc1ccc(C(NC(C)C)C(N)=O)cc1F. The number of carbonyl (C=O) groups excluding carboxylic acids is 1. The zero-order chi connectivity index (χ0) is 12.3. The summed E-state index contributed by atoms with van der Waals surface area (Å²) in [7, 11) is 0. The molecule has 0 aromatic heterocycles. The highest BCUT2D eigenvalue weighted by molar-refractivity contribution is 5.81. The maximum absolute atomic E-state index is 13.4. The number of nitrogens with one attached hydrogen (secondary N) is 1. The molecule has 3 nitrogen and oxygen atoms in total. The fourth-order valence-corrected chi connectivity index (χ4v) is 1.46. The van der Waals surface area contributed by atoms with Crippen molar-refractivity contribution in [3.63, 3.8) is 0 Å². The minimum absolute atomic E-state index is 0.0989. The zero-order valence-electron chi connectivity index (χ0n) is 9.75. The first-order chi connectivity index (χ1) is 7.41. The first-order valence-electron chi connectivity index (χ1n) is 5.23. The molecule has 0 aliphatic rings. The van der Waals surface area contributed by atoms with Gasteiger partial charge in [-0.25, -0.2) is 4.39 Å². The van der Waals surface area contributed by atoms with Gasteiger partial charge >= 0.3 is 0 Å². The molecule has 1 rings (SSSR count). The molecule has 1 amide bonds. The van der Waals surface area contributed by atoms with Gasteiger partial charge in [-0.15, -0.1) is 0 Å². The third-order valence-corrected chi connectivity index (χ3v) is 2.31. The highest BCUT2D eigenvalue weighted by Crippen LogP contribution is 2.17. The quantitative estimate of drug-likeness (QED) is 0.817. The molecule has 0 saturated heterocycles. The maximum Gasteiger partial charge on any atom is 0.239 e. The van der Waals surface area contributed by atoms with Gasteiger partial charge in [0, 0.05) is 6.04 Å². The van der Waals surface area contributed by atoms with Crippen molar-refractivity contribution in [3.05, 3.63) is 35.1 Å². The van der Waals surface area contributed by atoms with Crippen LogP contribution in [0.2, 0.25) is 0 Å². The normalized spacial score (nSPS) is 12.8. The van der Waals surface area contributed by atoms with Gasteiger partial charge in [-0.05, 0) is 38.0 Å². The van der Waals surface area contributed by atoms with E-state index < -0.39 is 11.9 Å². The van der Waals surface area contributed by atoms with Crippen LogP contribution in [0.1, 0.15) is 31.0 Å². The molecule has 3 N–H and O–H groups in total. The first-order valence-corrected chi connectivity index (χ1v) is 5.23. The largest absolute Gasteiger partial charge is 0.368 e. The Morgan fingerprint density at radius 2 is 2.06 bits per heavy atom. The van der Waals surface area contributed by atoms with E-state index in [-0.39, 0.29) is 11.9 Å². The van der Waals surface area contributed by atoms with Crippen molar-refractivity contribution < 1.29 is 9.18 Å². The Morgan fingerprint density at radius 3 is 2.50 bits per heavy atom. The lowest BCUT2D eigenvalue weighted by atomic mass is 10.0. The Hall–Kier alpha value is -1.42. The summed E-state index contributed by atoms with van der Waals surface area (Å²) >= 11 is 0. The van der Waals surface area contributed by atoms with Gasteiger partial charge in [-0.2, -0.15) is 0 Å². The lowest BCUT2D eigenvalue weighted by molar-refractivity contribution is -0.120. The van der Waals surface area contributed by atoms with Crippen molar-refractivity contribution in [1.82, 2.24) is 5.32 Å². The van der Waals surface area contributed by atoms with Crippen LogP contribution >= 0.6 is 0 Å². The van der Waals surface area contributed by atoms with Crippen LogP contribution in [-0.4, -0.2) is 11.9 Å². The van der Waals surface area contributed by atoms with Gasteiger partial charge in [0.1, 0.15) is 11.9 Å². The van der Waals surface area contributed by atoms with E-state index in [0.29, 0.717) is 11.1 Å². The van der Waals surface area contributed by atoms with Crippen LogP contribution in [0, 0.1) is 12.7 Å². The second kappa shape index (κ2) is 5.07. The number of halogens is 1. The molecule has 0 spiro atoms. The number of amides is 1. The van der Waals surface area contributed by atoms with Crippen molar-refractivity contribution in [2.24, 2.45) is 5.73 Å². The number of primary amides is 1. The zero-order valence-corrected chi connectivity index (χ0v) is 9.75. The first kappa shape index (κ1) is 12.6. The molecule has 0 heterocycles. The summed E-state index contributed by atoms with van der Waals surface area (Å²) in [5.41, 5.74) is 6.39. The average molecular weight is 224 g/mol. The van der Waals surface area contributed by atoms with Gasteiger partial charge in [-0.1, -0.05) is 12.1 Å². The number of benzene rings is 1. The van der Waals surface area contributed by atoms with E-state index in [9.17, 15) is 9.18 Å². The van der Waals surface area contributed by atoms with Crippen molar-refractivity contribution in [2.75, 3.05) is 0 Å². The highest BCUT2D eigenvalue weighted by atomic mass is 19.1. The Bertz CT molecular complexity index is 391. The van der Waals surface area contributed by atoms with Gasteiger partial charge in [0.15, 0.2) is 0 Å². The molecule has 88 valence electrons. The summed E-state index contributed by atoms with van der Waals surface area (Å²) in [6.07, 6.45) is 0. The van der Waals surface area contributed by atoms with E-state index in [2.05, 4.69) is 5.32 Å². The monoisotopic (exact) mass is 224 g/mol. The Labute approximate surface area is 94.8 Å². The lowest BCUT2D eigenvalue weighted by Crippen LogP contribution is -2.37. The van der Waals surface area contributed by atoms with Gasteiger partial charge in [0.25, 0.3) is 0 Å². The van der Waals surface area contributed by atoms with Crippen LogP contribution in [0.25, 0.3) is 0 Å². The molecule has 1 atom stereocenters. The standard InChI is InChI=1S/C12H17FN2O/c1-7(2)15-11(12(14)16)9-5-4-8(3)10(13)6-9/h4-7,11,15H,1-3H3,(H2,14,16). The van der Waals surface area contributed by atoms with Gasteiger partial charge in [0.2, 0.25) is 5.91 Å². The molecule has 0 radical (unpaired) electrons. The summed E-state index contributed by atoms with van der Waals surface area (Å²) < 4.78 is 13.4. The van der Waals surface area contributed by atoms with Crippen LogP contribution in [-0.2, 0) is 4.79 Å². The molecule has 0 bridgehead atoms. The fourth-order valence-electron chi connectivity index (χ4n) is 1.46. The van der Waals surface area contributed by atoms with Gasteiger partial charge in [0.05, 0.1) is 0 Å². The molecule has 0 saturated carbocycles. The van der Waals surface area contributed by atoms with Crippen molar-refractivity contribution in [1.29, 1.82) is 0 Å². The smallest absolute Gasteiger partial charge is 0.239 e. The summed E-state index contributed by atoms with van der Waals surface area (Å²) in [5, 5.41) is 3.00. The number of nitrogens with two attached hydrogens (primary N) is 1. The predicted octanol–water partition coefficient (Wildman–Crippen LogP) is 1.66. The molecular formula is C12H17FN2O. The molecule has 0 aliphatic carbocycles. The Balaban J connectivity index is 3.01. The van der Waals surface area contributed by atoms with Crippen molar-refractivity contribution >= 4 is 5.91 Å². The molecule has 1 unspecified atom stereocenters. The van der Waals surface area contributed by atoms with Crippen molar-refractivity contribution in [3.8, 4) is 0 Å². The van der Waals surface area contributed by atoms with Crippen LogP contribution in [0.4, 0.5) is 4.39 Å².